The first-order valence-electron chi connectivity index (χ1n) is 9.04. The standard InChI is InChI=1S/C20H28N2O/c1-4-5-13-22-18-12-7-6-11-17(18)16(3)19(22)20(23)21-14-9-8-10-15(21)2/h6-7,11-12,15H,4-5,8-10,13-14H2,1-3H3. The lowest BCUT2D eigenvalue weighted by molar-refractivity contribution is 0.0624. The van der Waals surface area contributed by atoms with Crippen LogP contribution in [0.5, 0.6) is 0 Å². The van der Waals surface area contributed by atoms with E-state index in [0.29, 0.717) is 6.04 Å². The van der Waals surface area contributed by atoms with Gasteiger partial charge in [-0.15, -0.1) is 0 Å². The van der Waals surface area contributed by atoms with Crippen LogP contribution >= 0.6 is 0 Å². The van der Waals surface area contributed by atoms with Gasteiger partial charge in [-0.05, 0) is 51.2 Å². The Kier molecular flexibility index (Phi) is 4.74. The summed E-state index contributed by atoms with van der Waals surface area (Å²) in [7, 11) is 0. The number of carbonyl (C=O) groups excluding carboxylic acids is 1. The first-order chi connectivity index (χ1) is 11.1. The van der Waals surface area contributed by atoms with Gasteiger partial charge in [0, 0.05) is 30.0 Å². The first-order valence-corrected chi connectivity index (χ1v) is 9.04. The summed E-state index contributed by atoms with van der Waals surface area (Å²) in [6, 6.07) is 8.78. The maximum atomic E-state index is 13.3. The molecule has 0 spiro atoms. The van der Waals surface area contributed by atoms with Gasteiger partial charge in [0.15, 0.2) is 0 Å². The van der Waals surface area contributed by atoms with Gasteiger partial charge in [0.1, 0.15) is 5.69 Å². The van der Waals surface area contributed by atoms with E-state index >= 15 is 0 Å². The molecule has 124 valence electrons. The Balaban J connectivity index is 2.07. The molecule has 1 unspecified atom stereocenters. The van der Waals surface area contributed by atoms with Crippen LogP contribution in [0.25, 0.3) is 10.9 Å². The van der Waals surface area contributed by atoms with Crippen molar-refractivity contribution >= 4 is 16.8 Å². The quantitative estimate of drug-likeness (QED) is 0.798. The third kappa shape index (κ3) is 2.89. The molecular formula is C20H28N2O. The Hall–Kier alpha value is -1.77. The number of fused-ring (bicyclic) bond motifs is 1. The predicted molar refractivity (Wildman–Crippen MR) is 95.9 cm³/mol. The lowest BCUT2D eigenvalue weighted by Gasteiger charge is -2.34. The van der Waals surface area contributed by atoms with E-state index in [1.54, 1.807) is 0 Å². The highest BCUT2D eigenvalue weighted by Crippen LogP contribution is 2.29. The van der Waals surface area contributed by atoms with Gasteiger partial charge in [0.05, 0.1) is 0 Å². The number of aryl methyl sites for hydroxylation is 2. The van der Waals surface area contributed by atoms with Gasteiger partial charge < -0.3 is 9.47 Å². The molecule has 2 heterocycles. The Labute approximate surface area is 139 Å². The molecule has 1 amide bonds. The summed E-state index contributed by atoms with van der Waals surface area (Å²) in [5, 5.41) is 1.22. The fraction of sp³-hybridized carbons (Fsp3) is 0.550. The molecule has 1 aliphatic heterocycles. The molecule has 1 saturated heterocycles. The monoisotopic (exact) mass is 312 g/mol. The number of piperidine rings is 1. The molecule has 2 aromatic rings. The van der Waals surface area contributed by atoms with Gasteiger partial charge in [-0.1, -0.05) is 31.5 Å². The van der Waals surface area contributed by atoms with Gasteiger partial charge in [-0.25, -0.2) is 0 Å². The van der Waals surface area contributed by atoms with Crippen LogP contribution in [0.1, 0.15) is 62.0 Å². The number of unbranched alkanes of at least 4 members (excludes halogenated alkanes) is 1. The van der Waals surface area contributed by atoms with Crippen LogP contribution < -0.4 is 0 Å². The Morgan fingerprint density at radius 1 is 1.26 bits per heavy atom. The van der Waals surface area contributed by atoms with Gasteiger partial charge in [0.25, 0.3) is 5.91 Å². The van der Waals surface area contributed by atoms with Crippen molar-refractivity contribution in [2.45, 2.75) is 65.5 Å². The van der Waals surface area contributed by atoms with Crippen molar-refractivity contribution in [3.05, 3.63) is 35.5 Å². The number of hydrogen-bond acceptors (Lipinski definition) is 1. The number of aromatic nitrogens is 1. The van der Waals surface area contributed by atoms with Crippen LogP contribution in [-0.2, 0) is 6.54 Å². The van der Waals surface area contributed by atoms with Gasteiger partial charge in [-0.2, -0.15) is 0 Å². The van der Waals surface area contributed by atoms with Crippen LogP contribution in [-0.4, -0.2) is 28.0 Å². The average Bonchev–Trinajstić information content (AvgIpc) is 2.85. The molecule has 1 aromatic carbocycles. The average molecular weight is 312 g/mol. The first kappa shape index (κ1) is 16.1. The minimum atomic E-state index is 0.224. The summed E-state index contributed by atoms with van der Waals surface area (Å²) < 4.78 is 2.26. The summed E-state index contributed by atoms with van der Waals surface area (Å²) >= 11 is 0. The Morgan fingerprint density at radius 2 is 2.04 bits per heavy atom. The number of hydrogen-bond donors (Lipinski definition) is 0. The summed E-state index contributed by atoms with van der Waals surface area (Å²) in [5.41, 5.74) is 3.25. The van der Waals surface area contributed by atoms with Crippen molar-refractivity contribution in [1.82, 2.24) is 9.47 Å². The fourth-order valence-corrected chi connectivity index (χ4v) is 3.84. The number of amides is 1. The van der Waals surface area contributed by atoms with Crippen molar-refractivity contribution in [1.29, 1.82) is 0 Å². The van der Waals surface area contributed by atoms with E-state index in [1.807, 2.05) is 0 Å². The van der Waals surface area contributed by atoms with E-state index in [1.165, 1.54) is 17.3 Å². The van der Waals surface area contributed by atoms with E-state index in [0.717, 1.165) is 50.0 Å². The zero-order valence-corrected chi connectivity index (χ0v) is 14.6. The van der Waals surface area contributed by atoms with Crippen molar-refractivity contribution in [3.8, 4) is 0 Å². The number of carbonyl (C=O) groups is 1. The molecule has 1 fully saturated rings. The summed E-state index contributed by atoms with van der Waals surface area (Å²) in [5.74, 6) is 0.224. The van der Waals surface area contributed by atoms with Crippen molar-refractivity contribution in [3.63, 3.8) is 0 Å². The smallest absolute Gasteiger partial charge is 0.271 e. The summed E-state index contributed by atoms with van der Waals surface area (Å²) in [6.45, 7) is 8.31. The van der Waals surface area contributed by atoms with Crippen LogP contribution in [0.2, 0.25) is 0 Å². The molecule has 0 radical (unpaired) electrons. The second kappa shape index (κ2) is 6.77. The Morgan fingerprint density at radius 3 is 2.78 bits per heavy atom. The van der Waals surface area contributed by atoms with Crippen LogP contribution in [0.4, 0.5) is 0 Å². The fourth-order valence-electron chi connectivity index (χ4n) is 3.84. The lowest BCUT2D eigenvalue weighted by atomic mass is 10.0. The molecule has 3 heteroatoms. The maximum absolute atomic E-state index is 13.3. The van der Waals surface area contributed by atoms with Crippen molar-refractivity contribution in [2.24, 2.45) is 0 Å². The van der Waals surface area contributed by atoms with Gasteiger partial charge in [0.2, 0.25) is 0 Å². The maximum Gasteiger partial charge on any atom is 0.271 e. The lowest BCUT2D eigenvalue weighted by Crippen LogP contribution is -2.43. The molecule has 0 N–H and O–H groups in total. The second-order valence-electron chi connectivity index (χ2n) is 6.84. The molecule has 23 heavy (non-hydrogen) atoms. The zero-order chi connectivity index (χ0) is 16.4. The van der Waals surface area contributed by atoms with E-state index in [2.05, 4.69) is 54.5 Å². The molecule has 0 saturated carbocycles. The van der Waals surface area contributed by atoms with Crippen LogP contribution in [0.3, 0.4) is 0 Å². The third-order valence-corrected chi connectivity index (χ3v) is 5.23. The van der Waals surface area contributed by atoms with E-state index < -0.39 is 0 Å². The predicted octanol–water partition coefficient (Wildman–Crippen LogP) is 4.76. The summed E-state index contributed by atoms with van der Waals surface area (Å²) in [6.07, 6.45) is 5.74. The number of rotatable bonds is 4. The highest BCUT2D eigenvalue weighted by molar-refractivity contribution is 6.01. The molecule has 3 rings (SSSR count). The molecule has 1 aromatic heterocycles. The zero-order valence-electron chi connectivity index (χ0n) is 14.6. The van der Waals surface area contributed by atoms with Crippen LogP contribution in [0, 0.1) is 6.92 Å². The highest BCUT2D eigenvalue weighted by Gasteiger charge is 2.28. The normalized spacial score (nSPS) is 18.6. The largest absolute Gasteiger partial charge is 0.336 e. The topological polar surface area (TPSA) is 25.2 Å². The van der Waals surface area contributed by atoms with E-state index in [4.69, 9.17) is 0 Å². The third-order valence-electron chi connectivity index (χ3n) is 5.23. The van der Waals surface area contributed by atoms with Gasteiger partial charge >= 0.3 is 0 Å². The molecule has 1 aliphatic rings. The molecule has 0 bridgehead atoms. The molecule has 1 atom stereocenters. The van der Waals surface area contributed by atoms with Crippen molar-refractivity contribution in [2.75, 3.05) is 6.54 Å². The number of benzene rings is 1. The molecule has 3 nitrogen and oxygen atoms in total. The second-order valence-corrected chi connectivity index (χ2v) is 6.84. The van der Waals surface area contributed by atoms with Crippen LogP contribution in [0.15, 0.2) is 24.3 Å². The SMILES string of the molecule is CCCCn1c(C(=O)N2CCCCC2C)c(C)c2ccccc21. The number of para-hydroxylation sites is 1. The van der Waals surface area contributed by atoms with E-state index in [9.17, 15) is 4.79 Å². The number of nitrogens with zero attached hydrogens (tertiary/aromatic N) is 2. The highest BCUT2D eigenvalue weighted by atomic mass is 16.2. The minimum absolute atomic E-state index is 0.224. The number of likely N-dealkylation sites (tertiary alicyclic amines) is 1. The van der Waals surface area contributed by atoms with Crippen molar-refractivity contribution < 1.29 is 4.79 Å². The minimum Gasteiger partial charge on any atom is -0.336 e. The molecule has 0 aliphatic carbocycles. The Bertz CT molecular complexity index is 701. The summed E-state index contributed by atoms with van der Waals surface area (Å²) in [4.78, 5) is 15.4. The van der Waals surface area contributed by atoms with Gasteiger partial charge in [-0.3, -0.25) is 4.79 Å². The van der Waals surface area contributed by atoms with E-state index in [-0.39, 0.29) is 5.91 Å². The molecular weight excluding hydrogens is 284 g/mol.